The normalized spacial score (nSPS) is 14.3. The molecule has 0 spiro atoms. The van der Waals surface area contributed by atoms with Crippen LogP contribution >= 0.6 is 11.6 Å². The standard InChI is InChI=1S/C22H25ClN4O2/c1-14-11-18(19(29-3)12-17(14)23)25-21-15-7-10-26(2)20(15)16(13-24-21)22(28)27-8-5-4-6-9-27/h7,10-13H,4-6,8-9H2,1-3H3,(H,24,25). The van der Waals surface area contributed by atoms with Crippen molar-refractivity contribution in [3.05, 3.63) is 46.7 Å². The lowest BCUT2D eigenvalue weighted by Crippen LogP contribution is -2.35. The maximum Gasteiger partial charge on any atom is 0.257 e. The van der Waals surface area contributed by atoms with Gasteiger partial charge in [-0.2, -0.15) is 0 Å². The lowest BCUT2D eigenvalue weighted by Gasteiger charge is -2.27. The highest BCUT2D eigenvalue weighted by molar-refractivity contribution is 6.31. The van der Waals surface area contributed by atoms with E-state index in [1.807, 2.05) is 41.8 Å². The number of hydrogen-bond donors (Lipinski definition) is 1. The van der Waals surface area contributed by atoms with E-state index < -0.39 is 0 Å². The molecular formula is C22H25ClN4O2. The lowest BCUT2D eigenvalue weighted by atomic mass is 10.1. The fourth-order valence-electron chi connectivity index (χ4n) is 3.90. The molecule has 0 bridgehead atoms. The molecule has 1 aliphatic heterocycles. The number of benzene rings is 1. The van der Waals surface area contributed by atoms with Crippen LogP contribution in [0.25, 0.3) is 10.9 Å². The summed E-state index contributed by atoms with van der Waals surface area (Å²) < 4.78 is 7.45. The van der Waals surface area contributed by atoms with Crippen LogP contribution in [0.5, 0.6) is 5.75 Å². The second kappa shape index (κ2) is 7.95. The van der Waals surface area contributed by atoms with Gasteiger partial charge in [-0.05, 0) is 43.9 Å². The van der Waals surface area contributed by atoms with Crippen molar-refractivity contribution in [3.8, 4) is 5.75 Å². The number of ether oxygens (including phenoxy) is 1. The zero-order chi connectivity index (χ0) is 20.5. The number of fused-ring (bicyclic) bond motifs is 1. The van der Waals surface area contributed by atoms with Crippen LogP contribution in [-0.4, -0.2) is 40.6 Å². The minimum atomic E-state index is 0.0514. The number of hydrogen-bond acceptors (Lipinski definition) is 4. The Labute approximate surface area is 175 Å². The SMILES string of the molecule is COc1cc(Cl)c(C)cc1Nc1ncc(C(=O)N2CCCCC2)c2c1ccn2C. The van der Waals surface area contributed by atoms with Gasteiger partial charge in [0.2, 0.25) is 0 Å². The highest BCUT2D eigenvalue weighted by Gasteiger charge is 2.23. The number of carbonyl (C=O) groups is 1. The maximum absolute atomic E-state index is 13.1. The number of nitrogens with zero attached hydrogens (tertiary/aromatic N) is 3. The Morgan fingerprint density at radius 1 is 1.24 bits per heavy atom. The zero-order valence-electron chi connectivity index (χ0n) is 17.0. The number of aromatic nitrogens is 2. The molecule has 3 aromatic rings. The van der Waals surface area contributed by atoms with Crippen LogP contribution in [-0.2, 0) is 7.05 Å². The Balaban J connectivity index is 1.75. The number of piperidine rings is 1. The quantitative estimate of drug-likeness (QED) is 0.661. The van der Waals surface area contributed by atoms with Gasteiger partial charge in [0.25, 0.3) is 5.91 Å². The average Bonchev–Trinajstić information content (AvgIpc) is 3.13. The van der Waals surface area contributed by atoms with Crippen molar-refractivity contribution in [1.29, 1.82) is 0 Å². The number of carbonyl (C=O) groups excluding carboxylic acids is 1. The van der Waals surface area contributed by atoms with Gasteiger partial charge in [0.15, 0.2) is 0 Å². The van der Waals surface area contributed by atoms with Gasteiger partial charge in [0.1, 0.15) is 11.6 Å². The van der Waals surface area contributed by atoms with Gasteiger partial charge >= 0.3 is 0 Å². The Kier molecular flexibility index (Phi) is 5.37. The molecule has 152 valence electrons. The number of aryl methyl sites for hydroxylation is 2. The molecule has 29 heavy (non-hydrogen) atoms. The fraction of sp³-hybridized carbons (Fsp3) is 0.364. The molecule has 1 aromatic carbocycles. The van der Waals surface area contributed by atoms with Crippen LogP contribution in [0.2, 0.25) is 5.02 Å². The van der Waals surface area contributed by atoms with Crippen LogP contribution in [0.4, 0.5) is 11.5 Å². The Morgan fingerprint density at radius 3 is 2.72 bits per heavy atom. The number of likely N-dealkylation sites (tertiary alicyclic amines) is 1. The Hall–Kier alpha value is -2.73. The number of pyridine rings is 1. The molecule has 7 heteroatoms. The van der Waals surface area contributed by atoms with Crippen LogP contribution in [0.15, 0.2) is 30.6 Å². The number of nitrogens with one attached hydrogen (secondary N) is 1. The summed E-state index contributed by atoms with van der Waals surface area (Å²) in [6.45, 7) is 3.57. The molecule has 1 fully saturated rings. The second-order valence-electron chi connectivity index (χ2n) is 7.49. The molecule has 0 unspecified atom stereocenters. The number of amides is 1. The molecule has 3 heterocycles. The van der Waals surface area contributed by atoms with E-state index in [4.69, 9.17) is 16.3 Å². The molecule has 0 aliphatic carbocycles. The molecule has 1 aliphatic rings. The first-order valence-electron chi connectivity index (χ1n) is 9.84. The molecule has 1 saturated heterocycles. The second-order valence-corrected chi connectivity index (χ2v) is 7.90. The van der Waals surface area contributed by atoms with Crippen molar-refractivity contribution in [1.82, 2.24) is 14.5 Å². The van der Waals surface area contributed by atoms with E-state index in [1.54, 1.807) is 19.4 Å². The Bertz CT molecular complexity index is 1070. The summed E-state index contributed by atoms with van der Waals surface area (Å²) in [4.78, 5) is 19.7. The monoisotopic (exact) mass is 412 g/mol. The highest BCUT2D eigenvalue weighted by Crippen LogP contribution is 2.35. The van der Waals surface area contributed by atoms with Gasteiger partial charge < -0.3 is 19.5 Å². The smallest absolute Gasteiger partial charge is 0.257 e. The van der Waals surface area contributed by atoms with Crippen LogP contribution in [0.1, 0.15) is 35.2 Å². The lowest BCUT2D eigenvalue weighted by molar-refractivity contribution is 0.0725. The molecule has 0 saturated carbocycles. The van der Waals surface area contributed by atoms with Gasteiger partial charge in [0, 0.05) is 49.0 Å². The first kappa shape index (κ1) is 19.6. The number of halogens is 1. The Morgan fingerprint density at radius 2 is 2.00 bits per heavy atom. The summed E-state index contributed by atoms with van der Waals surface area (Å²) in [5, 5.41) is 4.90. The van der Waals surface area contributed by atoms with Crippen molar-refractivity contribution in [2.45, 2.75) is 26.2 Å². The topological polar surface area (TPSA) is 59.4 Å². The third kappa shape index (κ3) is 3.65. The van der Waals surface area contributed by atoms with Crippen molar-refractivity contribution in [3.63, 3.8) is 0 Å². The van der Waals surface area contributed by atoms with Gasteiger partial charge in [0.05, 0.1) is 23.9 Å². The van der Waals surface area contributed by atoms with Crippen molar-refractivity contribution in [2.75, 3.05) is 25.5 Å². The molecule has 0 atom stereocenters. The number of anilines is 2. The molecule has 2 aromatic heterocycles. The van der Waals surface area contributed by atoms with Gasteiger partial charge in [-0.15, -0.1) is 0 Å². The van der Waals surface area contributed by atoms with E-state index >= 15 is 0 Å². The van der Waals surface area contributed by atoms with E-state index in [0.29, 0.717) is 22.2 Å². The van der Waals surface area contributed by atoms with Gasteiger partial charge in [-0.1, -0.05) is 11.6 Å². The minimum Gasteiger partial charge on any atom is -0.495 e. The first-order chi connectivity index (χ1) is 14.0. The van der Waals surface area contributed by atoms with Crippen molar-refractivity contribution in [2.24, 2.45) is 7.05 Å². The van der Waals surface area contributed by atoms with E-state index in [9.17, 15) is 4.79 Å². The zero-order valence-corrected chi connectivity index (χ0v) is 17.7. The predicted octanol–water partition coefficient (Wildman–Crippen LogP) is 4.91. The summed E-state index contributed by atoms with van der Waals surface area (Å²) in [7, 11) is 3.56. The summed E-state index contributed by atoms with van der Waals surface area (Å²) in [6.07, 6.45) is 6.94. The average molecular weight is 413 g/mol. The van der Waals surface area contributed by atoms with Gasteiger partial charge in [-0.25, -0.2) is 4.98 Å². The number of rotatable bonds is 4. The predicted molar refractivity (Wildman–Crippen MR) is 116 cm³/mol. The summed E-state index contributed by atoms with van der Waals surface area (Å²) in [6, 6.07) is 5.70. The van der Waals surface area contributed by atoms with Gasteiger partial charge in [-0.3, -0.25) is 4.79 Å². The number of methoxy groups -OCH3 is 1. The molecule has 6 nitrogen and oxygen atoms in total. The molecule has 0 radical (unpaired) electrons. The van der Waals surface area contributed by atoms with E-state index in [1.165, 1.54) is 6.42 Å². The molecule has 1 amide bonds. The first-order valence-corrected chi connectivity index (χ1v) is 10.2. The van der Waals surface area contributed by atoms with Crippen LogP contribution in [0.3, 0.4) is 0 Å². The summed E-state index contributed by atoms with van der Waals surface area (Å²) >= 11 is 6.23. The summed E-state index contributed by atoms with van der Waals surface area (Å²) in [5.74, 6) is 1.37. The highest BCUT2D eigenvalue weighted by atomic mass is 35.5. The van der Waals surface area contributed by atoms with E-state index in [0.717, 1.165) is 48.1 Å². The molecule has 4 rings (SSSR count). The third-order valence-corrected chi connectivity index (χ3v) is 5.92. The summed E-state index contributed by atoms with van der Waals surface area (Å²) in [5.41, 5.74) is 3.24. The molecule has 1 N–H and O–H groups in total. The van der Waals surface area contributed by atoms with Crippen molar-refractivity contribution >= 4 is 39.9 Å². The maximum atomic E-state index is 13.1. The van der Waals surface area contributed by atoms with E-state index in [-0.39, 0.29) is 5.91 Å². The molecular weight excluding hydrogens is 388 g/mol. The third-order valence-electron chi connectivity index (χ3n) is 5.51. The largest absolute Gasteiger partial charge is 0.495 e. The fourth-order valence-corrected chi connectivity index (χ4v) is 4.05. The van der Waals surface area contributed by atoms with Crippen LogP contribution < -0.4 is 10.1 Å². The van der Waals surface area contributed by atoms with E-state index in [2.05, 4.69) is 10.3 Å². The van der Waals surface area contributed by atoms with Crippen LogP contribution in [0, 0.1) is 6.92 Å². The minimum absolute atomic E-state index is 0.0514. The van der Waals surface area contributed by atoms with Crippen molar-refractivity contribution < 1.29 is 9.53 Å².